The lowest BCUT2D eigenvalue weighted by Crippen LogP contribution is -2.24. The maximum atomic E-state index is 12.3. The van der Waals surface area contributed by atoms with Gasteiger partial charge in [-0.1, -0.05) is 19.8 Å². The molecule has 1 fully saturated rings. The zero-order valence-electron chi connectivity index (χ0n) is 10.1. The summed E-state index contributed by atoms with van der Waals surface area (Å²) in [6.07, 6.45) is 6.30. The van der Waals surface area contributed by atoms with Crippen molar-refractivity contribution in [2.75, 3.05) is 0 Å². The second-order valence-corrected chi connectivity index (χ2v) is 4.87. The molecule has 2 rings (SSSR count). The smallest absolute Gasteiger partial charge is 0.183 e. The van der Waals surface area contributed by atoms with Crippen molar-refractivity contribution in [1.29, 1.82) is 0 Å². The summed E-state index contributed by atoms with van der Waals surface area (Å²) in [4.78, 5) is 12.3. The second kappa shape index (κ2) is 4.81. The molecule has 0 spiro atoms. The van der Waals surface area contributed by atoms with Gasteiger partial charge in [0.15, 0.2) is 5.78 Å². The highest BCUT2D eigenvalue weighted by Crippen LogP contribution is 2.30. The molecule has 0 saturated heterocycles. The maximum Gasteiger partial charge on any atom is 0.183 e. The molecule has 88 valence electrons. The third-order valence-corrected chi connectivity index (χ3v) is 3.58. The fourth-order valence-electron chi connectivity index (χ4n) is 2.68. The summed E-state index contributed by atoms with van der Waals surface area (Å²) < 4.78 is 1.81. The molecule has 0 aromatic carbocycles. The summed E-state index contributed by atoms with van der Waals surface area (Å²) in [7, 11) is 0. The lowest BCUT2D eigenvalue weighted by Gasteiger charge is -2.25. The number of hydrogen-bond donors (Lipinski definition) is 0. The van der Waals surface area contributed by atoms with Crippen molar-refractivity contribution in [2.24, 2.45) is 11.8 Å². The topological polar surface area (TPSA) is 34.9 Å². The minimum absolute atomic E-state index is 0.228. The standard InChI is InChI=1S/C13H20N2O/c1-3-15-12(7-8-14-15)13(16)11-6-4-5-10(2)9-11/h7-8,10-11H,3-6,9H2,1-2H3. The van der Waals surface area contributed by atoms with Crippen LogP contribution in [-0.2, 0) is 6.54 Å². The molecule has 2 atom stereocenters. The van der Waals surface area contributed by atoms with Gasteiger partial charge in [-0.3, -0.25) is 9.48 Å². The van der Waals surface area contributed by atoms with Gasteiger partial charge in [0.2, 0.25) is 0 Å². The Morgan fingerprint density at radius 2 is 2.38 bits per heavy atom. The average molecular weight is 220 g/mol. The zero-order valence-corrected chi connectivity index (χ0v) is 10.1. The molecule has 3 heteroatoms. The van der Waals surface area contributed by atoms with Crippen LogP contribution in [0.1, 0.15) is 50.0 Å². The monoisotopic (exact) mass is 220 g/mol. The Balaban J connectivity index is 2.12. The molecular weight excluding hydrogens is 200 g/mol. The number of carbonyl (C=O) groups is 1. The lowest BCUT2D eigenvalue weighted by molar-refractivity contribution is 0.0857. The van der Waals surface area contributed by atoms with Gasteiger partial charge in [0.1, 0.15) is 5.69 Å². The highest BCUT2D eigenvalue weighted by atomic mass is 16.1. The molecule has 16 heavy (non-hydrogen) atoms. The van der Waals surface area contributed by atoms with Crippen LogP contribution in [0.25, 0.3) is 0 Å². The van der Waals surface area contributed by atoms with E-state index in [0.717, 1.165) is 25.1 Å². The second-order valence-electron chi connectivity index (χ2n) is 4.87. The summed E-state index contributed by atoms with van der Waals surface area (Å²) in [6.45, 7) is 5.04. The molecule has 0 N–H and O–H groups in total. The van der Waals surface area contributed by atoms with Crippen molar-refractivity contribution in [3.8, 4) is 0 Å². The Labute approximate surface area is 96.8 Å². The van der Waals surface area contributed by atoms with Crippen LogP contribution in [0.2, 0.25) is 0 Å². The SMILES string of the molecule is CCn1nccc1C(=O)C1CCCC(C)C1. The van der Waals surface area contributed by atoms with Gasteiger partial charge in [-0.05, 0) is 31.7 Å². The van der Waals surface area contributed by atoms with Crippen LogP contribution in [0.3, 0.4) is 0 Å². The number of ketones is 1. The van der Waals surface area contributed by atoms with Gasteiger partial charge in [-0.2, -0.15) is 5.10 Å². The van der Waals surface area contributed by atoms with Crippen molar-refractivity contribution >= 4 is 5.78 Å². The molecule has 1 aliphatic carbocycles. The predicted octanol–water partition coefficient (Wildman–Crippen LogP) is 2.91. The molecule has 2 unspecified atom stereocenters. The van der Waals surface area contributed by atoms with Crippen LogP contribution in [-0.4, -0.2) is 15.6 Å². The van der Waals surface area contributed by atoms with E-state index in [-0.39, 0.29) is 5.92 Å². The number of aromatic nitrogens is 2. The summed E-state index contributed by atoms with van der Waals surface area (Å²) in [5.41, 5.74) is 0.793. The molecule has 0 radical (unpaired) electrons. The Kier molecular flexibility index (Phi) is 3.42. The molecular formula is C13H20N2O. The Morgan fingerprint density at radius 3 is 3.06 bits per heavy atom. The molecule has 1 saturated carbocycles. The molecule has 1 aromatic rings. The largest absolute Gasteiger partial charge is 0.292 e. The van der Waals surface area contributed by atoms with E-state index in [2.05, 4.69) is 12.0 Å². The highest BCUT2D eigenvalue weighted by Gasteiger charge is 2.27. The number of rotatable bonds is 3. The van der Waals surface area contributed by atoms with Crippen molar-refractivity contribution in [1.82, 2.24) is 9.78 Å². The van der Waals surface area contributed by atoms with E-state index >= 15 is 0 Å². The van der Waals surface area contributed by atoms with E-state index in [9.17, 15) is 4.79 Å². The molecule has 3 nitrogen and oxygen atoms in total. The lowest BCUT2D eigenvalue weighted by atomic mass is 9.79. The van der Waals surface area contributed by atoms with Crippen LogP contribution in [0.5, 0.6) is 0 Å². The molecule has 0 aliphatic heterocycles. The maximum absolute atomic E-state index is 12.3. The average Bonchev–Trinajstić information content (AvgIpc) is 2.76. The van der Waals surface area contributed by atoms with Crippen molar-refractivity contribution in [3.63, 3.8) is 0 Å². The summed E-state index contributed by atoms with van der Waals surface area (Å²) in [6, 6.07) is 1.85. The van der Waals surface area contributed by atoms with E-state index < -0.39 is 0 Å². The quantitative estimate of drug-likeness (QED) is 0.734. The Hall–Kier alpha value is -1.12. The first-order chi connectivity index (χ1) is 7.72. The number of Topliss-reactive ketones (excluding diaryl/α,β-unsaturated/α-hetero) is 1. The van der Waals surface area contributed by atoms with E-state index in [1.165, 1.54) is 12.8 Å². The van der Waals surface area contributed by atoms with Crippen LogP contribution >= 0.6 is 0 Å². The normalized spacial score (nSPS) is 25.6. The van der Waals surface area contributed by atoms with Crippen LogP contribution in [0.15, 0.2) is 12.3 Å². The van der Waals surface area contributed by atoms with Gasteiger partial charge in [-0.15, -0.1) is 0 Å². The van der Waals surface area contributed by atoms with Gasteiger partial charge < -0.3 is 0 Å². The molecule has 1 aliphatic rings. The van der Waals surface area contributed by atoms with E-state index in [0.29, 0.717) is 11.7 Å². The zero-order chi connectivity index (χ0) is 11.5. The number of hydrogen-bond acceptors (Lipinski definition) is 2. The van der Waals surface area contributed by atoms with E-state index in [1.807, 2.05) is 17.7 Å². The highest BCUT2D eigenvalue weighted by molar-refractivity contribution is 5.96. The van der Waals surface area contributed by atoms with Crippen LogP contribution < -0.4 is 0 Å². The number of nitrogens with zero attached hydrogens (tertiary/aromatic N) is 2. The van der Waals surface area contributed by atoms with Gasteiger partial charge in [0, 0.05) is 18.7 Å². The van der Waals surface area contributed by atoms with Crippen molar-refractivity contribution in [3.05, 3.63) is 18.0 Å². The van der Waals surface area contributed by atoms with Crippen molar-refractivity contribution in [2.45, 2.75) is 46.1 Å². The van der Waals surface area contributed by atoms with Crippen LogP contribution in [0, 0.1) is 11.8 Å². The molecule has 0 amide bonds. The number of aryl methyl sites for hydroxylation is 1. The fourth-order valence-corrected chi connectivity index (χ4v) is 2.68. The molecule has 1 aromatic heterocycles. The summed E-state index contributed by atoms with van der Waals surface area (Å²) >= 11 is 0. The summed E-state index contributed by atoms with van der Waals surface area (Å²) in [5, 5.41) is 4.17. The van der Waals surface area contributed by atoms with Crippen LogP contribution in [0.4, 0.5) is 0 Å². The van der Waals surface area contributed by atoms with Gasteiger partial charge >= 0.3 is 0 Å². The van der Waals surface area contributed by atoms with Crippen molar-refractivity contribution < 1.29 is 4.79 Å². The first kappa shape index (κ1) is 11.4. The van der Waals surface area contributed by atoms with E-state index in [1.54, 1.807) is 6.20 Å². The molecule has 1 heterocycles. The van der Waals surface area contributed by atoms with Gasteiger partial charge in [0.05, 0.1) is 0 Å². The van der Waals surface area contributed by atoms with Gasteiger partial charge in [0.25, 0.3) is 0 Å². The third kappa shape index (κ3) is 2.18. The number of carbonyl (C=O) groups excluding carboxylic acids is 1. The van der Waals surface area contributed by atoms with Gasteiger partial charge in [-0.25, -0.2) is 0 Å². The minimum Gasteiger partial charge on any atom is -0.292 e. The fraction of sp³-hybridized carbons (Fsp3) is 0.692. The molecule has 0 bridgehead atoms. The Morgan fingerprint density at radius 1 is 1.56 bits per heavy atom. The first-order valence-electron chi connectivity index (χ1n) is 6.28. The summed E-state index contributed by atoms with van der Waals surface area (Å²) in [5.74, 6) is 1.22. The van der Waals surface area contributed by atoms with E-state index in [4.69, 9.17) is 0 Å². The third-order valence-electron chi connectivity index (χ3n) is 3.58. The Bertz CT molecular complexity index is 370. The predicted molar refractivity (Wildman–Crippen MR) is 63.4 cm³/mol. The first-order valence-corrected chi connectivity index (χ1v) is 6.28. The minimum atomic E-state index is 0.228.